The molecule has 1 fully saturated rings. The lowest BCUT2D eigenvalue weighted by Crippen LogP contribution is -2.35. The number of hydrogen-bond donors (Lipinski definition) is 1. The number of carbonyl (C=O) groups is 1. The minimum absolute atomic E-state index is 0. The topological polar surface area (TPSA) is 74.0 Å². The van der Waals surface area contributed by atoms with Crippen LogP contribution in [0.25, 0.3) is 0 Å². The molecule has 0 radical (unpaired) electrons. The largest absolute Gasteiger partial charge is 0.337 e. The molecule has 1 amide bonds. The molecule has 2 aromatic carbocycles. The van der Waals surface area contributed by atoms with E-state index in [0.29, 0.717) is 42.3 Å². The van der Waals surface area contributed by atoms with Gasteiger partial charge >= 0.3 is 0 Å². The summed E-state index contributed by atoms with van der Waals surface area (Å²) in [5.41, 5.74) is 3.41. The third kappa shape index (κ3) is 5.45. The second-order valence-electron chi connectivity index (χ2n) is 7.42. The summed E-state index contributed by atoms with van der Waals surface area (Å²) < 4.78 is 2.09. The molecular weight excluding hydrogens is 433 g/mol. The molecule has 3 aromatic rings. The molecule has 1 N–H and O–H groups in total. The van der Waals surface area contributed by atoms with Crippen molar-refractivity contribution >= 4 is 29.9 Å². The number of imidazole rings is 1. The first-order valence-corrected chi connectivity index (χ1v) is 10.3. The number of hydrogen-bond acceptors (Lipinski definition) is 4. The molecule has 1 aromatic heterocycles. The predicted molar refractivity (Wildman–Crippen MR) is 122 cm³/mol. The third-order valence-corrected chi connectivity index (χ3v) is 5.72. The van der Waals surface area contributed by atoms with Crippen LogP contribution in [0.3, 0.4) is 0 Å². The zero-order valence-corrected chi connectivity index (χ0v) is 18.4. The molecule has 0 bridgehead atoms. The molecule has 1 aliphatic heterocycles. The van der Waals surface area contributed by atoms with E-state index in [2.05, 4.69) is 20.9 Å². The molecule has 0 spiro atoms. The maximum Gasteiger partial charge on any atom is 0.255 e. The van der Waals surface area contributed by atoms with Gasteiger partial charge in [0.15, 0.2) is 0 Å². The number of carbonyl (C=O) groups excluding carboxylic acids is 1. The molecule has 1 saturated heterocycles. The van der Waals surface area contributed by atoms with Crippen molar-refractivity contribution in [3.05, 3.63) is 88.5 Å². The van der Waals surface area contributed by atoms with E-state index in [1.165, 1.54) is 0 Å². The highest BCUT2D eigenvalue weighted by Gasteiger charge is 2.27. The molecule has 2 heterocycles. The Morgan fingerprint density at radius 1 is 1.23 bits per heavy atom. The van der Waals surface area contributed by atoms with Crippen LogP contribution in [0.2, 0.25) is 5.02 Å². The Morgan fingerprint density at radius 2 is 2.00 bits per heavy atom. The predicted octanol–water partition coefficient (Wildman–Crippen LogP) is 3.88. The highest BCUT2D eigenvalue weighted by Crippen LogP contribution is 2.20. The Hall–Kier alpha value is -2.85. The van der Waals surface area contributed by atoms with E-state index in [-0.39, 0.29) is 24.4 Å². The van der Waals surface area contributed by atoms with Crippen LogP contribution >= 0.6 is 24.0 Å². The summed E-state index contributed by atoms with van der Waals surface area (Å²) in [7, 11) is 0. The number of rotatable bonds is 6. The summed E-state index contributed by atoms with van der Waals surface area (Å²) >= 11 is 6.17. The first kappa shape index (κ1) is 22.8. The van der Waals surface area contributed by atoms with Gasteiger partial charge in [0.25, 0.3) is 5.91 Å². The molecule has 31 heavy (non-hydrogen) atoms. The van der Waals surface area contributed by atoms with E-state index in [4.69, 9.17) is 16.9 Å². The van der Waals surface area contributed by atoms with E-state index < -0.39 is 0 Å². The number of nitrogens with zero attached hydrogens (tertiary/aromatic N) is 4. The van der Waals surface area contributed by atoms with Gasteiger partial charge in [0.2, 0.25) is 0 Å². The normalized spacial score (nSPS) is 15.4. The van der Waals surface area contributed by atoms with Crippen molar-refractivity contribution in [1.82, 2.24) is 19.8 Å². The van der Waals surface area contributed by atoms with Gasteiger partial charge in [0.05, 0.1) is 34.2 Å². The van der Waals surface area contributed by atoms with Crippen molar-refractivity contribution in [1.29, 1.82) is 5.26 Å². The smallest absolute Gasteiger partial charge is 0.255 e. The number of nitrogens with one attached hydrogen (secondary N) is 1. The monoisotopic (exact) mass is 455 g/mol. The fraction of sp³-hybridized carbons (Fsp3) is 0.261. The average Bonchev–Trinajstić information content (AvgIpc) is 3.42. The lowest BCUT2D eigenvalue weighted by Gasteiger charge is -2.18. The highest BCUT2D eigenvalue weighted by atomic mass is 35.5. The lowest BCUT2D eigenvalue weighted by atomic mass is 10.1. The van der Waals surface area contributed by atoms with Gasteiger partial charge in [-0.25, -0.2) is 4.98 Å². The van der Waals surface area contributed by atoms with Crippen LogP contribution in [-0.4, -0.2) is 39.5 Å². The van der Waals surface area contributed by atoms with Crippen LogP contribution in [0.4, 0.5) is 0 Å². The van der Waals surface area contributed by atoms with Crippen LogP contribution in [-0.2, 0) is 13.1 Å². The van der Waals surface area contributed by atoms with Crippen LogP contribution in [0.5, 0.6) is 0 Å². The minimum Gasteiger partial charge on any atom is -0.337 e. The Bertz CT molecular complexity index is 1070. The van der Waals surface area contributed by atoms with Crippen LogP contribution in [0.1, 0.15) is 33.6 Å². The summed E-state index contributed by atoms with van der Waals surface area (Å²) in [6.45, 7) is 2.75. The SMILES string of the molecule is Cl.N#Cc1ccc(Cn2cncc2CN[C@H]2CCN(C(=O)c3ccccc3Cl)C2)cc1. The molecular formula is C23H23Cl2N5O. The van der Waals surface area contributed by atoms with Gasteiger partial charge in [0.1, 0.15) is 0 Å². The second-order valence-corrected chi connectivity index (χ2v) is 7.83. The van der Waals surface area contributed by atoms with Crippen molar-refractivity contribution in [2.45, 2.75) is 25.6 Å². The molecule has 8 heteroatoms. The van der Waals surface area contributed by atoms with Crippen molar-refractivity contribution in [3.63, 3.8) is 0 Å². The number of nitriles is 1. The Kier molecular flexibility index (Phi) is 7.69. The lowest BCUT2D eigenvalue weighted by molar-refractivity contribution is 0.0789. The summed E-state index contributed by atoms with van der Waals surface area (Å²) in [5.74, 6) is -0.0178. The third-order valence-electron chi connectivity index (χ3n) is 5.39. The van der Waals surface area contributed by atoms with Crippen molar-refractivity contribution in [2.24, 2.45) is 0 Å². The first-order chi connectivity index (χ1) is 14.6. The number of aromatic nitrogens is 2. The zero-order chi connectivity index (χ0) is 20.9. The molecule has 4 rings (SSSR count). The standard InChI is InChI=1S/C23H22ClN5O.ClH/c24-22-4-2-1-3-21(22)23(30)28-10-9-19(15-28)27-13-20-12-26-16-29(20)14-18-7-5-17(11-25)6-8-18;/h1-8,12,16,19,27H,9-10,13-15H2;1H/t19-;/m0./s1. The first-order valence-electron chi connectivity index (χ1n) is 9.89. The Labute approximate surface area is 192 Å². The fourth-order valence-electron chi connectivity index (χ4n) is 3.68. The quantitative estimate of drug-likeness (QED) is 0.611. The summed E-state index contributed by atoms with van der Waals surface area (Å²) in [6.07, 6.45) is 4.58. The van der Waals surface area contributed by atoms with E-state index in [0.717, 1.165) is 17.7 Å². The van der Waals surface area contributed by atoms with Gasteiger partial charge in [-0.1, -0.05) is 35.9 Å². The molecule has 160 valence electrons. The molecule has 0 saturated carbocycles. The molecule has 0 aliphatic carbocycles. The summed E-state index contributed by atoms with van der Waals surface area (Å²) in [6, 6.07) is 17.1. The van der Waals surface area contributed by atoms with Crippen molar-refractivity contribution < 1.29 is 4.79 Å². The van der Waals surface area contributed by atoms with Gasteiger partial charge in [0, 0.05) is 38.4 Å². The number of halogens is 2. The summed E-state index contributed by atoms with van der Waals surface area (Å²) in [4.78, 5) is 18.9. The summed E-state index contributed by atoms with van der Waals surface area (Å²) in [5, 5.41) is 13.0. The van der Waals surface area contributed by atoms with E-state index in [9.17, 15) is 4.79 Å². The maximum atomic E-state index is 12.7. The Balaban J connectivity index is 0.00000272. The van der Waals surface area contributed by atoms with Gasteiger partial charge in [-0.2, -0.15) is 5.26 Å². The van der Waals surface area contributed by atoms with Crippen LogP contribution in [0.15, 0.2) is 61.1 Å². The van der Waals surface area contributed by atoms with Crippen molar-refractivity contribution in [3.8, 4) is 6.07 Å². The molecule has 0 unspecified atom stereocenters. The maximum absolute atomic E-state index is 12.7. The highest BCUT2D eigenvalue weighted by molar-refractivity contribution is 6.33. The molecule has 1 aliphatic rings. The van der Waals surface area contributed by atoms with E-state index >= 15 is 0 Å². The van der Waals surface area contributed by atoms with E-state index in [1.54, 1.807) is 12.1 Å². The Morgan fingerprint density at radius 3 is 2.74 bits per heavy atom. The van der Waals surface area contributed by atoms with Crippen LogP contribution in [0, 0.1) is 11.3 Å². The van der Waals surface area contributed by atoms with Gasteiger partial charge in [-0.15, -0.1) is 12.4 Å². The average molecular weight is 456 g/mol. The van der Waals surface area contributed by atoms with E-state index in [1.807, 2.05) is 53.8 Å². The van der Waals surface area contributed by atoms with Gasteiger partial charge < -0.3 is 14.8 Å². The molecule has 6 nitrogen and oxygen atoms in total. The van der Waals surface area contributed by atoms with Gasteiger partial charge in [-0.05, 0) is 36.2 Å². The zero-order valence-electron chi connectivity index (χ0n) is 16.9. The number of benzene rings is 2. The second kappa shape index (κ2) is 10.5. The number of likely N-dealkylation sites (tertiary alicyclic amines) is 1. The van der Waals surface area contributed by atoms with Crippen molar-refractivity contribution in [2.75, 3.05) is 13.1 Å². The number of amides is 1. The van der Waals surface area contributed by atoms with Gasteiger partial charge in [-0.3, -0.25) is 4.79 Å². The minimum atomic E-state index is -0.0178. The van der Waals surface area contributed by atoms with Crippen LogP contribution < -0.4 is 5.32 Å². The molecule has 1 atom stereocenters. The fourth-order valence-corrected chi connectivity index (χ4v) is 3.90.